The third-order valence-corrected chi connectivity index (χ3v) is 4.79. The van der Waals surface area contributed by atoms with Gasteiger partial charge < -0.3 is 10.1 Å². The molecule has 28 heavy (non-hydrogen) atoms. The Balaban J connectivity index is 1.88. The van der Waals surface area contributed by atoms with Crippen molar-refractivity contribution in [2.24, 2.45) is 0 Å². The Bertz CT molecular complexity index is 1120. The molecular formula is C22H16ClN2O3+. The van der Waals surface area contributed by atoms with Gasteiger partial charge >= 0.3 is 0 Å². The summed E-state index contributed by atoms with van der Waals surface area (Å²) in [4.78, 5) is 26.4. The van der Waals surface area contributed by atoms with Crippen LogP contribution in [-0.2, 0) is 0 Å². The Kier molecular flexibility index (Phi) is 4.67. The fraction of sp³-hybridized carbons (Fsp3) is 0.0455. The zero-order chi connectivity index (χ0) is 19.7. The molecular weight excluding hydrogens is 376 g/mol. The second-order valence-electron chi connectivity index (χ2n) is 6.18. The van der Waals surface area contributed by atoms with Crippen LogP contribution in [0.5, 0.6) is 5.75 Å². The molecule has 1 N–H and O–H groups in total. The summed E-state index contributed by atoms with van der Waals surface area (Å²) in [7, 11) is 1.53. The van der Waals surface area contributed by atoms with Crippen LogP contribution in [0.15, 0.2) is 78.8 Å². The van der Waals surface area contributed by atoms with Gasteiger partial charge in [-0.15, -0.1) is 0 Å². The van der Waals surface area contributed by atoms with E-state index in [0.29, 0.717) is 27.6 Å². The van der Waals surface area contributed by atoms with E-state index in [4.69, 9.17) is 16.3 Å². The Morgan fingerprint density at radius 1 is 0.893 bits per heavy atom. The van der Waals surface area contributed by atoms with Crippen LogP contribution in [0, 0.1) is 0 Å². The summed E-state index contributed by atoms with van der Waals surface area (Å²) >= 11 is 6.21. The van der Waals surface area contributed by atoms with Crippen LogP contribution in [0.25, 0.3) is 5.70 Å². The minimum absolute atomic E-state index is 0.195. The van der Waals surface area contributed by atoms with Gasteiger partial charge in [-0.05, 0) is 18.2 Å². The average molecular weight is 392 g/mol. The number of ether oxygens (including phenoxy) is 1. The summed E-state index contributed by atoms with van der Waals surface area (Å²) in [6, 6.07) is 17.3. The molecule has 4 rings (SSSR count). The highest BCUT2D eigenvalue weighted by atomic mass is 35.5. The van der Waals surface area contributed by atoms with E-state index in [-0.39, 0.29) is 23.0 Å². The first-order valence-corrected chi connectivity index (χ1v) is 8.98. The molecule has 6 heteroatoms. The van der Waals surface area contributed by atoms with Crippen LogP contribution in [0.1, 0.15) is 20.7 Å². The third kappa shape index (κ3) is 3.06. The molecule has 0 saturated heterocycles. The molecule has 0 amide bonds. The van der Waals surface area contributed by atoms with Gasteiger partial charge in [-0.25, -0.2) is 0 Å². The topological polar surface area (TPSA) is 59.3 Å². The van der Waals surface area contributed by atoms with Gasteiger partial charge in [0.1, 0.15) is 5.75 Å². The number of fused-ring (bicyclic) bond motifs is 1. The van der Waals surface area contributed by atoms with Crippen LogP contribution in [-0.4, -0.2) is 18.7 Å². The zero-order valence-corrected chi connectivity index (χ0v) is 15.7. The summed E-state index contributed by atoms with van der Waals surface area (Å²) in [5.74, 6) is 0.0391. The highest BCUT2D eigenvalue weighted by Crippen LogP contribution is 2.31. The number of nitrogens with zero attached hydrogens (tertiary/aromatic N) is 1. The van der Waals surface area contributed by atoms with Gasteiger partial charge in [-0.2, -0.15) is 4.57 Å². The normalized spacial score (nSPS) is 13.4. The Morgan fingerprint density at radius 2 is 1.57 bits per heavy atom. The molecule has 1 aliphatic rings. The first kappa shape index (κ1) is 17.9. The van der Waals surface area contributed by atoms with Crippen molar-refractivity contribution in [2.45, 2.75) is 0 Å². The van der Waals surface area contributed by atoms with Crippen molar-refractivity contribution in [3.05, 3.63) is 94.9 Å². The molecule has 0 fully saturated rings. The lowest BCUT2D eigenvalue weighted by molar-refractivity contribution is -0.577. The quantitative estimate of drug-likeness (QED) is 0.683. The van der Waals surface area contributed by atoms with E-state index in [1.165, 1.54) is 7.11 Å². The second-order valence-corrected chi connectivity index (χ2v) is 6.59. The van der Waals surface area contributed by atoms with Gasteiger partial charge in [0.2, 0.25) is 5.78 Å². The number of anilines is 1. The predicted octanol–water partition coefficient (Wildman–Crippen LogP) is 4.00. The van der Waals surface area contributed by atoms with Crippen molar-refractivity contribution in [3.8, 4) is 5.75 Å². The Morgan fingerprint density at radius 3 is 2.21 bits per heavy atom. The minimum Gasteiger partial charge on any atom is -0.495 e. The molecule has 5 nitrogen and oxygen atoms in total. The van der Waals surface area contributed by atoms with E-state index < -0.39 is 0 Å². The zero-order valence-electron chi connectivity index (χ0n) is 15.0. The maximum Gasteiger partial charge on any atom is 0.286 e. The average Bonchev–Trinajstić information content (AvgIpc) is 2.73. The Labute approximate surface area is 166 Å². The fourth-order valence-electron chi connectivity index (χ4n) is 3.16. The number of Topliss-reactive ketones (excluding diaryl/α,β-unsaturated/α-hetero) is 2. The van der Waals surface area contributed by atoms with E-state index >= 15 is 0 Å². The van der Waals surface area contributed by atoms with Crippen LogP contribution in [0.4, 0.5) is 5.69 Å². The van der Waals surface area contributed by atoms with E-state index in [9.17, 15) is 9.59 Å². The molecule has 0 atom stereocenters. The number of carbonyl (C=O) groups excluding carboxylic acids is 2. The highest BCUT2D eigenvalue weighted by Gasteiger charge is 2.38. The molecule has 1 aliphatic carbocycles. The van der Waals surface area contributed by atoms with Crippen molar-refractivity contribution in [2.75, 3.05) is 12.4 Å². The number of carbonyl (C=O) groups is 2. The van der Waals surface area contributed by atoms with Crippen molar-refractivity contribution < 1.29 is 18.9 Å². The molecule has 0 bridgehead atoms. The number of nitrogens with one attached hydrogen (secondary N) is 1. The number of rotatable bonds is 4. The SMILES string of the molecule is COc1ccc(NC2=C([n+]3ccccc3)C(=O)c3ccccc3C2=O)cc1Cl. The molecule has 1 heterocycles. The monoisotopic (exact) mass is 391 g/mol. The van der Waals surface area contributed by atoms with Gasteiger partial charge in [0.05, 0.1) is 12.1 Å². The molecule has 0 spiro atoms. The maximum absolute atomic E-state index is 13.2. The second kappa shape index (κ2) is 7.29. The van der Waals surface area contributed by atoms with E-state index in [0.717, 1.165) is 0 Å². The van der Waals surface area contributed by atoms with Crippen molar-refractivity contribution in [1.29, 1.82) is 0 Å². The summed E-state index contributed by atoms with van der Waals surface area (Å²) in [6.45, 7) is 0. The molecule has 0 saturated carbocycles. The Hall–Kier alpha value is -3.44. The number of ketones is 2. The van der Waals surface area contributed by atoms with E-state index in [2.05, 4.69) is 5.32 Å². The lowest BCUT2D eigenvalue weighted by Gasteiger charge is -2.18. The van der Waals surface area contributed by atoms with E-state index in [1.54, 1.807) is 71.6 Å². The first-order valence-electron chi connectivity index (χ1n) is 8.60. The number of allylic oxidation sites excluding steroid dienone is 2. The summed E-state index contributed by atoms with van der Waals surface area (Å²) < 4.78 is 6.81. The molecule has 3 aromatic rings. The summed E-state index contributed by atoms with van der Waals surface area (Å²) in [5.41, 5.74) is 1.79. The number of aromatic nitrogens is 1. The number of methoxy groups -OCH3 is 1. The van der Waals surface area contributed by atoms with Gasteiger partial charge in [0.15, 0.2) is 18.1 Å². The lowest BCUT2D eigenvalue weighted by atomic mass is 9.90. The lowest BCUT2D eigenvalue weighted by Crippen LogP contribution is -2.41. The largest absolute Gasteiger partial charge is 0.495 e. The van der Waals surface area contributed by atoms with Crippen LogP contribution < -0.4 is 14.6 Å². The smallest absolute Gasteiger partial charge is 0.286 e. The highest BCUT2D eigenvalue weighted by molar-refractivity contribution is 6.36. The number of hydrogen-bond acceptors (Lipinski definition) is 4. The van der Waals surface area contributed by atoms with Gasteiger partial charge in [0.25, 0.3) is 11.5 Å². The molecule has 1 aromatic heterocycles. The van der Waals surface area contributed by atoms with Gasteiger partial charge in [0, 0.05) is 28.9 Å². The maximum atomic E-state index is 13.2. The standard InChI is InChI=1S/C22H15ClN2O3/c1-28-18-10-9-14(13-17(18)23)24-19-20(25-11-5-2-6-12-25)22(27)16-8-4-3-7-15(16)21(19)26/h2-13H,1H3/p+1. The van der Waals surface area contributed by atoms with Crippen LogP contribution in [0.3, 0.4) is 0 Å². The van der Waals surface area contributed by atoms with Crippen molar-refractivity contribution in [3.63, 3.8) is 0 Å². The van der Waals surface area contributed by atoms with Crippen molar-refractivity contribution >= 4 is 34.6 Å². The van der Waals surface area contributed by atoms with E-state index in [1.807, 2.05) is 6.07 Å². The first-order chi connectivity index (χ1) is 13.6. The van der Waals surface area contributed by atoms with Crippen LogP contribution >= 0.6 is 11.6 Å². The molecule has 0 unspecified atom stereocenters. The number of pyridine rings is 1. The molecule has 2 aromatic carbocycles. The van der Waals surface area contributed by atoms with Crippen molar-refractivity contribution in [1.82, 2.24) is 0 Å². The van der Waals surface area contributed by atoms with Gasteiger partial charge in [-0.1, -0.05) is 41.9 Å². The number of hydrogen-bond donors (Lipinski definition) is 1. The summed E-state index contributed by atoms with van der Waals surface area (Å²) in [5, 5.41) is 3.49. The summed E-state index contributed by atoms with van der Waals surface area (Å²) in [6.07, 6.45) is 3.47. The van der Waals surface area contributed by atoms with Gasteiger partial charge in [-0.3, -0.25) is 9.59 Å². The minimum atomic E-state index is -0.256. The molecule has 0 aliphatic heterocycles. The molecule has 138 valence electrons. The number of benzene rings is 2. The molecule has 0 radical (unpaired) electrons. The number of halogens is 1. The third-order valence-electron chi connectivity index (χ3n) is 4.49. The van der Waals surface area contributed by atoms with Crippen LogP contribution in [0.2, 0.25) is 5.02 Å². The predicted molar refractivity (Wildman–Crippen MR) is 107 cm³/mol. The fourth-order valence-corrected chi connectivity index (χ4v) is 3.42.